The van der Waals surface area contributed by atoms with Crippen molar-refractivity contribution < 1.29 is 19.1 Å². The van der Waals surface area contributed by atoms with E-state index >= 15 is 0 Å². The van der Waals surface area contributed by atoms with Crippen molar-refractivity contribution in [2.45, 2.75) is 19.5 Å². The average molecular weight is 357 g/mol. The topological polar surface area (TPSA) is 102 Å². The minimum atomic E-state index is -1.16. The lowest BCUT2D eigenvalue weighted by Gasteiger charge is -2.11. The van der Waals surface area contributed by atoms with Gasteiger partial charge >= 0.3 is 5.97 Å². The maximum atomic E-state index is 13.7. The summed E-state index contributed by atoms with van der Waals surface area (Å²) in [6.07, 6.45) is 3.05. The second-order valence-corrected chi connectivity index (χ2v) is 5.64. The Balaban J connectivity index is 1.65. The zero-order valence-corrected chi connectivity index (χ0v) is 13.8. The van der Waals surface area contributed by atoms with E-state index in [-0.39, 0.29) is 18.1 Å². The van der Waals surface area contributed by atoms with Gasteiger partial charge in [-0.3, -0.25) is 14.2 Å². The van der Waals surface area contributed by atoms with Crippen LogP contribution in [0.5, 0.6) is 0 Å². The van der Waals surface area contributed by atoms with Crippen LogP contribution in [0.1, 0.15) is 29.0 Å². The Labute approximate surface area is 147 Å². The van der Waals surface area contributed by atoms with E-state index in [0.717, 1.165) is 0 Å². The number of carboxylic acid groups (broad SMARTS) is 1. The smallest absolute Gasteiger partial charge is 0.356 e. The Bertz CT molecular complexity index is 949. The van der Waals surface area contributed by atoms with E-state index in [1.165, 1.54) is 27.7 Å². The van der Waals surface area contributed by atoms with E-state index in [1.54, 1.807) is 37.4 Å². The highest BCUT2D eigenvalue weighted by Gasteiger charge is 2.18. The number of aromatic carboxylic acids is 1. The van der Waals surface area contributed by atoms with Gasteiger partial charge in [0, 0.05) is 24.0 Å². The second kappa shape index (κ2) is 7.18. The van der Waals surface area contributed by atoms with Gasteiger partial charge in [0.15, 0.2) is 11.5 Å². The second-order valence-electron chi connectivity index (χ2n) is 5.64. The van der Waals surface area contributed by atoms with Crippen LogP contribution in [0.3, 0.4) is 0 Å². The number of carbonyl (C=O) groups is 2. The van der Waals surface area contributed by atoms with Crippen LogP contribution in [0.25, 0.3) is 0 Å². The lowest BCUT2D eigenvalue weighted by Crippen LogP contribution is -2.24. The summed E-state index contributed by atoms with van der Waals surface area (Å²) in [5.74, 6) is -1.58. The van der Waals surface area contributed by atoms with Gasteiger partial charge < -0.3 is 10.4 Å². The molecule has 2 N–H and O–H groups in total. The molecule has 0 fully saturated rings. The maximum absolute atomic E-state index is 13.7. The van der Waals surface area contributed by atoms with Gasteiger partial charge in [-0.25, -0.2) is 9.18 Å². The van der Waals surface area contributed by atoms with Gasteiger partial charge in [-0.2, -0.15) is 10.2 Å². The molecule has 26 heavy (non-hydrogen) atoms. The van der Waals surface area contributed by atoms with Crippen molar-refractivity contribution >= 4 is 17.7 Å². The van der Waals surface area contributed by atoms with E-state index in [4.69, 9.17) is 5.11 Å². The number of nitrogens with one attached hydrogen (secondary N) is 1. The molecule has 2 heterocycles. The Hall–Kier alpha value is -3.49. The molecule has 0 aliphatic carbocycles. The number of amides is 1. The Morgan fingerprint density at radius 3 is 2.65 bits per heavy atom. The molecule has 1 aromatic carbocycles. The van der Waals surface area contributed by atoms with Crippen LogP contribution < -0.4 is 5.32 Å². The number of rotatable bonds is 6. The molecule has 0 aliphatic heterocycles. The summed E-state index contributed by atoms with van der Waals surface area (Å²) in [6, 6.07) is 8.57. The molecule has 1 atom stereocenters. The van der Waals surface area contributed by atoms with Gasteiger partial charge in [0.25, 0.3) is 0 Å². The fourth-order valence-corrected chi connectivity index (χ4v) is 2.34. The molecule has 0 saturated heterocycles. The highest BCUT2D eigenvalue weighted by atomic mass is 19.1. The number of hydrogen-bond acceptors (Lipinski definition) is 4. The molecule has 0 aliphatic rings. The highest BCUT2D eigenvalue weighted by Crippen LogP contribution is 2.12. The molecule has 1 amide bonds. The summed E-state index contributed by atoms with van der Waals surface area (Å²) in [4.78, 5) is 23.1. The average Bonchev–Trinajstić information content (AvgIpc) is 3.26. The first-order valence-corrected chi connectivity index (χ1v) is 7.80. The molecule has 0 saturated carbocycles. The van der Waals surface area contributed by atoms with Crippen LogP contribution in [0.15, 0.2) is 48.8 Å². The Morgan fingerprint density at radius 2 is 1.96 bits per heavy atom. The van der Waals surface area contributed by atoms with Crippen LogP contribution in [-0.2, 0) is 11.3 Å². The lowest BCUT2D eigenvalue weighted by molar-refractivity contribution is -0.119. The summed E-state index contributed by atoms with van der Waals surface area (Å²) in [5.41, 5.74) is 0.346. The third-order valence-electron chi connectivity index (χ3n) is 3.79. The van der Waals surface area contributed by atoms with Gasteiger partial charge in [0.2, 0.25) is 5.91 Å². The van der Waals surface area contributed by atoms with Crippen molar-refractivity contribution in [3.63, 3.8) is 0 Å². The Kier molecular flexibility index (Phi) is 4.78. The fourth-order valence-electron chi connectivity index (χ4n) is 2.34. The predicted molar refractivity (Wildman–Crippen MR) is 90.3 cm³/mol. The molecule has 8 nitrogen and oxygen atoms in total. The first-order chi connectivity index (χ1) is 12.4. The molecule has 2 aromatic heterocycles. The van der Waals surface area contributed by atoms with Crippen molar-refractivity contribution in [1.29, 1.82) is 0 Å². The maximum Gasteiger partial charge on any atom is 0.356 e. The number of benzene rings is 1. The lowest BCUT2D eigenvalue weighted by atomic mass is 10.2. The highest BCUT2D eigenvalue weighted by molar-refractivity contribution is 5.92. The first kappa shape index (κ1) is 17.3. The molecule has 9 heteroatoms. The van der Waals surface area contributed by atoms with Crippen molar-refractivity contribution in [3.8, 4) is 0 Å². The van der Waals surface area contributed by atoms with Gasteiger partial charge in [0.1, 0.15) is 11.9 Å². The monoisotopic (exact) mass is 357 g/mol. The summed E-state index contributed by atoms with van der Waals surface area (Å²) in [7, 11) is 0. The number of aromatic nitrogens is 4. The van der Waals surface area contributed by atoms with E-state index in [2.05, 4.69) is 15.5 Å². The molecule has 134 valence electrons. The normalized spacial score (nSPS) is 11.9. The molecule has 0 radical (unpaired) electrons. The zero-order valence-electron chi connectivity index (χ0n) is 13.8. The molecule has 3 rings (SSSR count). The number of anilines is 1. The quantitative estimate of drug-likeness (QED) is 0.704. The third kappa shape index (κ3) is 3.77. The van der Waals surface area contributed by atoms with Gasteiger partial charge in [0.05, 0.1) is 6.54 Å². The summed E-state index contributed by atoms with van der Waals surface area (Å²) >= 11 is 0. The van der Waals surface area contributed by atoms with Crippen LogP contribution in [0.4, 0.5) is 10.2 Å². The molecule has 0 spiro atoms. The Morgan fingerprint density at radius 1 is 1.19 bits per heavy atom. The molecular weight excluding hydrogens is 341 g/mol. The number of halogens is 1. The summed E-state index contributed by atoms with van der Waals surface area (Å²) in [5, 5.41) is 19.5. The van der Waals surface area contributed by atoms with Crippen molar-refractivity contribution in [1.82, 2.24) is 19.6 Å². The van der Waals surface area contributed by atoms with E-state index in [0.29, 0.717) is 11.4 Å². The number of carboxylic acids is 1. The minimum Gasteiger partial charge on any atom is -0.476 e. The number of nitrogens with zero attached hydrogens (tertiary/aromatic N) is 4. The molecular formula is C17H16FN5O3. The molecule has 1 unspecified atom stereocenters. The van der Waals surface area contributed by atoms with Gasteiger partial charge in [-0.05, 0) is 19.1 Å². The summed E-state index contributed by atoms with van der Waals surface area (Å²) in [6.45, 7) is 1.82. The summed E-state index contributed by atoms with van der Waals surface area (Å²) < 4.78 is 16.5. The SMILES string of the molecule is CC(C(=O)Nc1ccn(Cc2ccccc2F)n1)n1ccc(C(=O)O)n1. The third-order valence-corrected chi connectivity index (χ3v) is 3.79. The zero-order chi connectivity index (χ0) is 18.7. The van der Waals surface area contributed by atoms with Crippen molar-refractivity contribution in [3.05, 3.63) is 65.9 Å². The molecule has 3 aromatic rings. The van der Waals surface area contributed by atoms with E-state index in [1.807, 2.05) is 0 Å². The van der Waals surface area contributed by atoms with Gasteiger partial charge in [-0.1, -0.05) is 18.2 Å². The minimum absolute atomic E-state index is 0.140. The standard InChI is InChI=1S/C17H16FN5O3/c1-11(23-9-6-14(20-23)17(25)26)16(24)19-15-7-8-22(21-15)10-12-4-2-3-5-13(12)18/h2-9,11H,10H2,1H3,(H,25,26)(H,19,21,24). The largest absolute Gasteiger partial charge is 0.476 e. The fraction of sp³-hybridized carbons (Fsp3) is 0.176. The first-order valence-electron chi connectivity index (χ1n) is 7.80. The van der Waals surface area contributed by atoms with Crippen molar-refractivity contribution in [2.75, 3.05) is 5.32 Å². The number of carbonyl (C=O) groups excluding carboxylic acids is 1. The van der Waals surface area contributed by atoms with Gasteiger partial charge in [-0.15, -0.1) is 0 Å². The van der Waals surface area contributed by atoms with Crippen LogP contribution >= 0.6 is 0 Å². The van der Waals surface area contributed by atoms with Crippen LogP contribution in [0, 0.1) is 5.82 Å². The van der Waals surface area contributed by atoms with E-state index < -0.39 is 17.9 Å². The predicted octanol–water partition coefficient (Wildman–Crippen LogP) is 2.16. The number of hydrogen-bond donors (Lipinski definition) is 2. The van der Waals surface area contributed by atoms with E-state index in [9.17, 15) is 14.0 Å². The van der Waals surface area contributed by atoms with Crippen molar-refractivity contribution in [2.24, 2.45) is 0 Å². The van der Waals surface area contributed by atoms with Crippen LogP contribution in [-0.4, -0.2) is 36.5 Å². The molecule has 0 bridgehead atoms. The van der Waals surface area contributed by atoms with Crippen LogP contribution in [0.2, 0.25) is 0 Å².